The Balaban J connectivity index is 3.88. The summed E-state index contributed by atoms with van der Waals surface area (Å²) in [5.74, 6) is -0.343. The van der Waals surface area contributed by atoms with Crippen molar-refractivity contribution in [3.05, 3.63) is 36.5 Å². The fourth-order valence-electron chi connectivity index (χ4n) is 7.19. The lowest BCUT2D eigenvalue weighted by Crippen LogP contribution is -2.28. The molecule has 0 fully saturated rings. The monoisotopic (exact) mass is 854 g/mol. The Kier molecular flexibility index (Phi) is 46.7. The highest BCUT2D eigenvalue weighted by atomic mass is 31.2. The topological polar surface area (TPSA) is 117 Å². The number of carbonyl (C=O) groups is 1. The van der Waals surface area contributed by atoms with Crippen molar-refractivity contribution in [2.75, 3.05) is 33.0 Å². The first-order valence-corrected chi connectivity index (χ1v) is 26.5. The lowest BCUT2D eigenvalue weighted by molar-refractivity contribution is -0.154. The number of rotatable bonds is 48. The van der Waals surface area contributed by atoms with Crippen molar-refractivity contribution in [2.45, 2.75) is 245 Å². The van der Waals surface area contributed by atoms with Crippen LogP contribution >= 0.6 is 7.82 Å². The van der Waals surface area contributed by atoms with Gasteiger partial charge in [0.1, 0.15) is 6.10 Å². The van der Waals surface area contributed by atoms with E-state index in [1.807, 2.05) is 0 Å². The van der Waals surface area contributed by atoms with Crippen LogP contribution in [0.1, 0.15) is 239 Å². The minimum atomic E-state index is -4.28. The molecular formula is C50H96NO7P. The summed E-state index contributed by atoms with van der Waals surface area (Å²) in [4.78, 5) is 22.5. The van der Waals surface area contributed by atoms with E-state index in [0.29, 0.717) is 13.0 Å². The molecule has 8 nitrogen and oxygen atoms in total. The minimum absolute atomic E-state index is 0.0980. The molecule has 0 spiro atoms. The second-order valence-corrected chi connectivity index (χ2v) is 18.1. The highest BCUT2D eigenvalue weighted by Gasteiger charge is 2.25. The number of ether oxygens (including phenoxy) is 2. The molecule has 0 heterocycles. The van der Waals surface area contributed by atoms with Gasteiger partial charge >= 0.3 is 13.8 Å². The van der Waals surface area contributed by atoms with Crippen molar-refractivity contribution in [1.29, 1.82) is 0 Å². The van der Waals surface area contributed by atoms with Gasteiger partial charge in [-0.3, -0.25) is 13.8 Å². The normalized spacial score (nSPS) is 13.6. The number of esters is 1. The third-order valence-electron chi connectivity index (χ3n) is 10.8. The van der Waals surface area contributed by atoms with Crippen LogP contribution in [0.5, 0.6) is 0 Å². The molecule has 0 aromatic heterocycles. The summed E-state index contributed by atoms with van der Waals surface area (Å²) in [6, 6.07) is 0. The smallest absolute Gasteiger partial charge is 0.457 e. The molecule has 0 saturated carbocycles. The molecule has 0 aliphatic rings. The van der Waals surface area contributed by atoms with Gasteiger partial charge in [0.15, 0.2) is 0 Å². The Morgan fingerprint density at radius 2 is 0.949 bits per heavy atom. The van der Waals surface area contributed by atoms with Gasteiger partial charge in [-0.05, 0) is 44.9 Å². The first-order valence-electron chi connectivity index (χ1n) is 25.0. The molecular weight excluding hydrogens is 758 g/mol. The second kappa shape index (κ2) is 47.8. The first kappa shape index (κ1) is 57.7. The molecule has 348 valence electrons. The Bertz CT molecular complexity index is 1000. The van der Waals surface area contributed by atoms with Crippen LogP contribution in [0.15, 0.2) is 36.5 Å². The van der Waals surface area contributed by atoms with Gasteiger partial charge in [0.25, 0.3) is 0 Å². The zero-order valence-corrected chi connectivity index (χ0v) is 39.6. The van der Waals surface area contributed by atoms with Crippen LogP contribution in [0, 0.1) is 0 Å². The van der Waals surface area contributed by atoms with Gasteiger partial charge in [-0.15, -0.1) is 0 Å². The summed E-state index contributed by atoms with van der Waals surface area (Å²) in [6.07, 6.45) is 56.2. The van der Waals surface area contributed by atoms with Crippen molar-refractivity contribution >= 4 is 13.8 Å². The predicted molar refractivity (Wildman–Crippen MR) is 252 cm³/mol. The van der Waals surface area contributed by atoms with E-state index in [9.17, 15) is 14.3 Å². The highest BCUT2D eigenvalue weighted by Crippen LogP contribution is 2.43. The van der Waals surface area contributed by atoms with E-state index in [0.717, 1.165) is 70.6 Å². The fourth-order valence-corrected chi connectivity index (χ4v) is 7.96. The fraction of sp³-hybridized carbons (Fsp3) is 0.860. The quantitative estimate of drug-likeness (QED) is 0.0269. The summed E-state index contributed by atoms with van der Waals surface area (Å²) in [5.41, 5.74) is 5.38. The third-order valence-corrected chi connectivity index (χ3v) is 11.8. The molecule has 9 heteroatoms. The summed E-state index contributed by atoms with van der Waals surface area (Å²) in [7, 11) is -4.28. The van der Waals surface area contributed by atoms with Crippen LogP contribution in [-0.2, 0) is 27.9 Å². The van der Waals surface area contributed by atoms with E-state index in [1.165, 1.54) is 148 Å². The zero-order valence-electron chi connectivity index (χ0n) is 38.7. The maximum absolute atomic E-state index is 12.6. The minimum Gasteiger partial charge on any atom is -0.457 e. The number of hydrogen-bond acceptors (Lipinski definition) is 7. The molecule has 2 unspecified atom stereocenters. The van der Waals surface area contributed by atoms with E-state index < -0.39 is 13.9 Å². The Hall–Kier alpha value is -1.28. The Labute approximate surface area is 365 Å². The lowest BCUT2D eigenvalue weighted by atomic mass is 10.0. The van der Waals surface area contributed by atoms with E-state index in [-0.39, 0.29) is 32.3 Å². The number of phosphoric acid groups is 1. The molecule has 0 aliphatic carbocycles. The number of hydrogen-bond donors (Lipinski definition) is 2. The van der Waals surface area contributed by atoms with Crippen molar-refractivity contribution in [1.82, 2.24) is 0 Å². The molecule has 0 rings (SSSR count). The van der Waals surface area contributed by atoms with Crippen LogP contribution in [0.25, 0.3) is 0 Å². The number of nitrogens with two attached hydrogens (primary N) is 1. The van der Waals surface area contributed by atoms with Crippen LogP contribution in [0.2, 0.25) is 0 Å². The van der Waals surface area contributed by atoms with Gasteiger partial charge in [-0.2, -0.15) is 0 Å². The van der Waals surface area contributed by atoms with Gasteiger partial charge in [-0.1, -0.05) is 224 Å². The van der Waals surface area contributed by atoms with Gasteiger partial charge in [0.05, 0.1) is 19.8 Å². The summed E-state index contributed by atoms with van der Waals surface area (Å²) < 4.78 is 33.5. The standard InChI is InChI=1S/C50H96NO7P/c1-3-5-7-9-11-13-15-17-19-20-21-22-23-24-25-26-27-28-30-32-34-36-38-40-42-45-55-47-49(48-57-59(53,54)56-46-44-51)58-50(52)43-41-39-37-35-33-31-29-18-16-14-12-10-8-6-4-2/h6,8,12,14,18,29,49H,3-5,7,9-11,13,15-17,19-28,30-48,51H2,1-2H3,(H,53,54)/b8-6-,14-12-,29-18-. The number of phosphoric ester groups is 1. The van der Waals surface area contributed by atoms with E-state index in [1.54, 1.807) is 0 Å². The molecule has 0 bridgehead atoms. The maximum Gasteiger partial charge on any atom is 0.472 e. The van der Waals surface area contributed by atoms with Crippen LogP contribution in [-0.4, -0.2) is 49.9 Å². The van der Waals surface area contributed by atoms with E-state index >= 15 is 0 Å². The number of carbonyl (C=O) groups excluding carboxylic acids is 1. The molecule has 0 aromatic rings. The van der Waals surface area contributed by atoms with Crippen molar-refractivity contribution in [3.8, 4) is 0 Å². The maximum atomic E-state index is 12.6. The Morgan fingerprint density at radius 1 is 0.525 bits per heavy atom. The third kappa shape index (κ3) is 47.6. The van der Waals surface area contributed by atoms with Crippen molar-refractivity contribution < 1.29 is 32.8 Å². The van der Waals surface area contributed by atoms with Gasteiger partial charge in [-0.25, -0.2) is 4.57 Å². The average molecular weight is 854 g/mol. The average Bonchev–Trinajstić information content (AvgIpc) is 3.23. The summed E-state index contributed by atoms with van der Waals surface area (Å²) in [6.45, 7) is 4.83. The van der Waals surface area contributed by atoms with Crippen LogP contribution in [0.4, 0.5) is 0 Å². The van der Waals surface area contributed by atoms with Crippen LogP contribution in [0.3, 0.4) is 0 Å². The molecule has 0 aliphatic heterocycles. The molecule has 59 heavy (non-hydrogen) atoms. The van der Waals surface area contributed by atoms with Crippen molar-refractivity contribution in [3.63, 3.8) is 0 Å². The van der Waals surface area contributed by atoms with Gasteiger partial charge in [0, 0.05) is 19.6 Å². The lowest BCUT2D eigenvalue weighted by Gasteiger charge is -2.20. The molecule has 2 atom stereocenters. The highest BCUT2D eigenvalue weighted by molar-refractivity contribution is 7.47. The van der Waals surface area contributed by atoms with Gasteiger partial charge < -0.3 is 20.1 Å². The van der Waals surface area contributed by atoms with E-state index in [4.69, 9.17) is 24.3 Å². The number of unbranched alkanes of at least 4 members (excludes halogenated alkanes) is 29. The Morgan fingerprint density at radius 3 is 1.42 bits per heavy atom. The second-order valence-electron chi connectivity index (χ2n) is 16.7. The first-order chi connectivity index (χ1) is 28.9. The van der Waals surface area contributed by atoms with Gasteiger partial charge in [0.2, 0.25) is 0 Å². The SMILES string of the molecule is CC/C=C\C/C=C\C/C=C\CCCCCCCC(=O)OC(COCCCCCCCCCCCCCCCCCCCCCCCCCCC)COP(=O)(O)OCCN. The molecule has 3 N–H and O–H groups in total. The molecule has 0 radical (unpaired) electrons. The van der Waals surface area contributed by atoms with Crippen molar-refractivity contribution in [2.24, 2.45) is 5.73 Å². The molecule has 0 saturated heterocycles. The molecule has 0 aromatic carbocycles. The van der Waals surface area contributed by atoms with E-state index in [2.05, 4.69) is 50.3 Å². The predicted octanol–water partition coefficient (Wildman–Crippen LogP) is 15.4. The molecule has 0 amide bonds. The summed E-state index contributed by atoms with van der Waals surface area (Å²) >= 11 is 0. The van der Waals surface area contributed by atoms with Crippen LogP contribution < -0.4 is 5.73 Å². The summed E-state index contributed by atoms with van der Waals surface area (Å²) in [5, 5.41) is 0. The zero-order chi connectivity index (χ0) is 43.0. The number of allylic oxidation sites excluding steroid dienone is 6. The largest absolute Gasteiger partial charge is 0.472 e.